The van der Waals surface area contributed by atoms with Crippen LogP contribution in [0.2, 0.25) is 0 Å². The summed E-state index contributed by atoms with van der Waals surface area (Å²) in [7, 11) is -3.47. The van der Waals surface area contributed by atoms with Crippen molar-refractivity contribution in [1.82, 2.24) is 19.9 Å². The topological polar surface area (TPSA) is 216 Å². The maximum absolute atomic E-state index is 14.1. The van der Waals surface area contributed by atoms with E-state index < -0.39 is 50.4 Å². The van der Waals surface area contributed by atoms with Crippen molar-refractivity contribution in [3.8, 4) is 11.8 Å². The van der Waals surface area contributed by atoms with E-state index in [9.17, 15) is 29.3 Å². The van der Waals surface area contributed by atoms with Gasteiger partial charge in [-0.2, -0.15) is 10.4 Å². The van der Waals surface area contributed by atoms with Crippen LogP contribution in [0.25, 0.3) is 5.52 Å². The van der Waals surface area contributed by atoms with Crippen LogP contribution in [0.15, 0.2) is 36.7 Å². The monoisotopic (exact) mass is 820 g/mol. The van der Waals surface area contributed by atoms with Crippen molar-refractivity contribution in [2.75, 3.05) is 39.2 Å². The molecule has 17 heteroatoms. The van der Waals surface area contributed by atoms with Crippen LogP contribution in [0.1, 0.15) is 121 Å². The Morgan fingerprint density at radius 1 is 1.02 bits per heavy atom. The number of nitrogen functional groups attached to an aromatic ring is 1. The van der Waals surface area contributed by atoms with Gasteiger partial charge >= 0.3 is 7.82 Å². The second kappa shape index (κ2) is 24.0. The predicted molar refractivity (Wildman–Crippen MR) is 213 cm³/mol. The molecule has 1 aliphatic rings. The first-order chi connectivity index (χ1) is 27.5. The van der Waals surface area contributed by atoms with Crippen LogP contribution < -0.4 is 15.8 Å². The number of hydrogen-bond donors (Lipinski definition) is 5. The molecule has 0 bridgehead atoms. The smallest absolute Gasteiger partial charge is 0.473 e. The van der Waals surface area contributed by atoms with E-state index in [2.05, 4.69) is 22.3 Å². The van der Waals surface area contributed by atoms with Gasteiger partial charge in [-0.05, 0) is 37.7 Å². The number of aliphatic hydroxyl groups is 2. The molecule has 57 heavy (non-hydrogen) atoms. The van der Waals surface area contributed by atoms with Crippen molar-refractivity contribution in [2.45, 2.75) is 140 Å². The molecule has 2 aromatic heterocycles. The first-order valence-electron chi connectivity index (χ1n) is 20.4. The highest BCUT2D eigenvalue weighted by atomic mass is 31.2. The highest BCUT2D eigenvalue weighted by Crippen LogP contribution is 2.48. The van der Waals surface area contributed by atoms with E-state index >= 15 is 0 Å². The van der Waals surface area contributed by atoms with Crippen LogP contribution in [0.3, 0.4) is 0 Å². The number of rotatable bonds is 28. The quantitative estimate of drug-likeness (QED) is 0.0382. The first-order valence-corrected chi connectivity index (χ1v) is 21.9. The van der Waals surface area contributed by atoms with Crippen molar-refractivity contribution in [3.63, 3.8) is 0 Å². The fourth-order valence-electron chi connectivity index (χ4n) is 7.10. The molecule has 0 spiro atoms. The minimum Gasteiger partial charge on any atom is -0.491 e. The molecule has 3 aromatic rings. The third-order valence-corrected chi connectivity index (χ3v) is 11.4. The van der Waals surface area contributed by atoms with E-state index in [1.54, 1.807) is 12.1 Å². The summed E-state index contributed by atoms with van der Waals surface area (Å²) in [4.78, 5) is 14.8. The molecular formula is C40H62FN6O9P. The van der Waals surface area contributed by atoms with Gasteiger partial charge in [-0.25, -0.2) is 18.5 Å². The number of hydrogen-bond acceptors (Lipinski definition) is 13. The third kappa shape index (κ3) is 14.2. The highest BCUT2D eigenvalue weighted by molar-refractivity contribution is 7.47. The molecule has 0 saturated carbocycles. The third-order valence-electron chi connectivity index (χ3n) is 10.3. The summed E-state index contributed by atoms with van der Waals surface area (Å²) >= 11 is 0. The molecular weight excluding hydrogens is 758 g/mol. The minimum absolute atomic E-state index is 0.0132. The van der Waals surface area contributed by atoms with E-state index in [1.165, 1.54) is 101 Å². The number of fused-ring (bicyclic) bond motifs is 1. The number of nitrogens with one attached hydrogen (secondary N) is 1. The van der Waals surface area contributed by atoms with Crippen molar-refractivity contribution < 1.29 is 47.3 Å². The molecule has 0 radical (unpaired) electrons. The van der Waals surface area contributed by atoms with Gasteiger partial charge < -0.3 is 35.1 Å². The average Bonchev–Trinajstić information content (AvgIpc) is 3.64. The van der Waals surface area contributed by atoms with Crippen LogP contribution in [0, 0.1) is 17.1 Å². The van der Waals surface area contributed by atoms with Crippen molar-refractivity contribution >= 4 is 19.2 Å². The van der Waals surface area contributed by atoms with Crippen LogP contribution in [-0.4, -0.2) is 87.6 Å². The number of benzene rings is 1. The van der Waals surface area contributed by atoms with E-state index in [-0.39, 0.29) is 36.0 Å². The van der Waals surface area contributed by atoms with Crippen molar-refractivity contribution in [3.05, 3.63) is 53.7 Å². The molecule has 15 nitrogen and oxygen atoms in total. The second-order valence-electron chi connectivity index (χ2n) is 14.7. The predicted octanol–water partition coefficient (Wildman–Crippen LogP) is 6.67. The fourth-order valence-corrected chi connectivity index (χ4v) is 8.18. The Labute approximate surface area is 335 Å². The molecule has 0 aliphatic carbocycles. The molecule has 1 saturated heterocycles. The minimum atomic E-state index is -4.98. The summed E-state index contributed by atoms with van der Waals surface area (Å²) in [6.07, 6.45) is 14.9. The number of phosphoric ester groups is 1. The summed E-state index contributed by atoms with van der Waals surface area (Å²) in [5.41, 5.74) is 5.01. The lowest BCUT2D eigenvalue weighted by Gasteiger charge is -2.45. The van der Waals surface area contributed by atoms with Gasteiger partial charge in [0.25, 0.3) is 0 Å². The van der Waals surface area contributed by atoms with Crippen molar-refractivity contribution in [1.29, 1.82) is 5.26 Å². The van der Waals surface area contributed by atoms with Gasteiger partial charge in [0.2, 0.25) is 0 Å². The van der Waals surface area contributed by atoms with E-state index in [0.29, 0.717) is 12.1 Å². The Bertz CT molecular complexity index is 1730. The summed E-state index contributed by atoms with van der Waals surface area (Å²) < 4.78 is 57.1. The number of nitrogens with two attached hydrogens (primary N) is 1. The number of aromatic nitrogens is 3. The lowest BCUT2D eigenvalue weighted by molar-refractivity contribution is -0.251. The number of halogens is 1. The lowest BCUT2D eigenvalue weighted by Crippen LogP contribution is -2.65. The van der Waals surface area contributed by atoms with Crippen molar-refractivity contribution in [2.24, 2.45) is 0 Å². The number of nitrogens with zero attached hydrogens (tertiary/aromatic N) is 4. The first kappa shape index (κ1) is 46.5. The normalized spacial score (nSPS) is 21.3. The molecule has 6 atom stereocenters. The Kier molecular flexibility index (Phi) is 19.6. The average molecular weight is 821 g/mol. The number of aliphatic hydroxyl groups excluding tert-OH is 2. The van der Waals surface area contributed by atoms with Gasteiger partial charge in [0.05, 0.1) is 30.5 Å². The summed E-state index contributed by atoms with van der Waals surface area (Å²) in [6, 6.07) is 8.52. The summed E-state index contributed by atoms with van der Waals surface area (Å²) in [6.45, 7) is 1.64. The van der Waals surface area contributed by atoms with Crippen LogP contribution in [-0.2, 0) is 28.8 Å². The van der Waals surface area contributed by atoms with Gasteiger partial charge in [-0.3, -0.25) is 14.4 Å². The number of ether oxygens (including phenoxy) is 3. The van der Waals surface area contributed by atoms with Crippen LogP contribution in [0.4, 0.5) is 10.2 Å². The zero-order valence-corrected chi connectivity index (χ0v) is 34.3. The highest BCUT2D eigenvalue weighted by Gasteiger charge is 2.53. The molecule has 4 rings (SSSR count). The fraction of sp³-hybridized carbons (Fsp3) is 0.675. The maximum Gasteiger partial charge on any atom is 0.473 e. The van der Waals surface area contributed by atoms with E-state index in [4.69, 9.17) is 29.0 Å². The molecule has 3 unspecified atom stereocenters. The Morgan fingerprint density at radius 3 is 2.26 bits per heavy atom. The summed E-state index contributed by atoms with van der Waals surface area (Å²) in [5, 5.41) is 38.8. The lowest BCUT2D eigenvalue weighted by atomic mass is 9.92. The number of likely N-dealkylation sites (N-methyl/N-ethyl adjacent to an activating group) is 1. The molecule has 1 fully saturated rings. The zero-order chi connectivity index (χ0) is 41.1. The van der Waals surface area contributed by atoms with Crippen LogP contribution >= 0.6 is 7.82 Å². The van der Waals surface area contributed by atoms with Gasteiger partial charge in [0.1, 0.15) is 54.4 Å². The number of anilines is 1. The molecule has 318 valence electrons. The Morgan fingerprint density at radius 2 is 1.65 bits per heavy atom. The molecule has 1 aromatic carbocycles. The molecule has 0 amide bonds. The largest absolute Gasteiger partial charge is 0.491 e. The SMILES string of the molecule is CCCCCCCCCCCCCCCCCCOC[C@H](COc1cc(F)cc(C#N)c1)OP(=O)(O)OC1CO[C@@](NC)(c2ccc3c(N)ncnn23)[C@H](O)C1O. The Balaban J connectivity index is 1.24. The second-order valence-corrected chi connectivity index (χ2v) is 16.1. The zero-order valence-electron chi connectivity index (χ0n) is 33.4. The van der Waals surface area contributed by atoms with E-state index in [1.807, 2.05) is 6.07 Å². The van der Waals surface area contributed by atoms with Crippen LogP contribution in [0.5, 0.6) is 5.75 Å². The van der Waals surface area contributed by atoms with Gasteiger partial charge in [-0.1, -0.05) is 103 Å². The number of nitriles is 1. The van der Waals surface area contributed by atoms with E-state index in [0.717, 1.165) is 37.8 Å². The van der Waals surface area contributed by atoms with Gasteiger partial charge in [0, 0.05) is 12.7 Å². The standard InChI is InChI=1S/C40H62FN6O9P/c1-3-4-5-6-7-8-9-10-11-12-13-14-15-16-17-18-21-52-26-33(27-53-32-23-30(25-42)22-31(41)24-32)55-57(50,51)56-35-28-54-40(44-2,38(49)37(35)48)36-20-19-34-39(43)45-29-46-47(34)36/h19-20,22-24,29,33,35,37-38,44,48-49H,3-18,21,26-28H2,1-2H3,(H,50,51)(H2,43,45,46)/t33-,35?,37?,38-,40+/m1/s1. The number of phosphoric acid groups is 1. The Hall–Kier alpha value is -3.23. The molecule has 6 N–H and O–H groups in total. The molecule has 1 aliphatic heterocycles. The summed E-state index contributed by atoms with van der Waals surface area (Å²) in [5.74, 6) is -0.494. The van der Waals surface area contributed by atoms with Gasteiger partial charge in [-0.15, -0.1) is 0 Å². The number of unbranched alkanes of at least 4 members (excludes halogenated alkanes) is 15. The maximum atomic E-state index is 14.1. The molecule has 3 heterocycles. The van der Waals surface area contributed by atoms with Gasteiger partial charge in [0.15, 0.2) is 11.5 Å².